The number of allylic oxidation sites excluding steroid dienone is 2. The Balaban J connectivity index is 3.70. The molecule has 0 spiro atoms. The van der Waals surface area contributed by atoms with Gasteiger partial charge in [-0.3, -0.25) is 0 Å². The number of aliphatic hydroxyl groups is 1. The van der Waals surface area contributed by atoms with E-state index < -0.39 is 3.79 Å². The Morgan fingerprint density at radius 3 is 2.25 bits per heavy atom. The van der Waals surface area contributed by atoms with E-state index in [-0.39, 0.29) is 11.6 Å². The average Bonchev–Trinajstić information content (AvgIpc) is 1.96. The van der Waals surface area contributed by atoms with Crippen LogP contribution in [0.5, 0.6) is 0 Å². The summed E-state index contributed by atoms with van der Waals surface area (Å²) in [7, 11) is 0. The van der Waals surface area contributed by atoms with Crippen LogP contribution in [-0.2, 0) is 0 Å². The van der Waals surface area contributed by atoms with Gasteiger partial charge in [-0.1, -0.05) is 52.5 Å². The van der Waals surface area contributed by atoms with Gasteiger partial charge in [0.25, 0.3) is 0 Å². The van der Waals surface area contributed by atoms with E-state index in [1.54, 1.807) is 6.08 Å². The molecule has 0 radical (unpaired) electrons. The second kappa shape index (κ2) is 6.33. The molecule has 12 heavy (non-hydrogen) atoms. The molecule has 0 aromatic heterocycles. The maximum atomic E-state index is 8.46. The van der Waals surface area contributed by atoms with Gasteiger partial charge in [0.2, 0.25) is 3.79 Å². The van der Waals surface area contributed by atoms with Crippen LogP contribution in [0.25, 0.3) is 0 Å². The molecule has 0 unspecified atom stereocenters. The summed E-state index contributed by atoms with van der Waals surface area (Å²) in [5, 5.41) is 8.67. The molecule has 0 heterocycles. The molecular formula is C7H10Cl4O. The number of alkyl halides is 3. The second-order valence-electron chi connectivity index (χ2n) is 2.27. The fraction of sp³-hybridized carbons (Fsp3) is 0.714. The van der Waals surface area contributed by atoms with Gasteiger partial charge in [-0.25, -0.2) is 0 Å². The third-order valence-electron chi connectivity index (χ3n) is 1.21. The van der Waals surface area contributed by atoms with Crippen LogP contribution in [0.2, 0.25) is 0 Å². The van der Waals surface area contributed by atoms with Gasteiger partial charge >= 0.3 is 0 Å². The number of unbranched alkanes of at least 4 members (excludes halogenated alkanes) is 2. The van der Waals surface area contributed by atoms with E-state index in [9.17, 15) is 0 Å². The van der Waals surface area contributed by atoms with Crippen molar-refractivity contribution in [1.82, 2.24) is 0 Å². The van der Waals surface area contributed by atoms with E-state index in [1.165, 1.54) is 0 Å². The van der Waals surface area contributed by atoms with Crippen LogP contribution in [0.4, 0.5) is 0 Å². The molecule has 0 saturated heterocycles. The van der Waals surface area contributed by atoms with E-state index in [0.29, 0.717) is 6.42 Å². The van der Waals surface area contributed by atoms with Gasteiger partial charge in [-0.05, 0) is 19.3 Å². The Morgan fingerprint density at radius 1 is 1.25 bits per heavy atom. The minimum Gasteiger partial charge on any atom is -0.396 e. The van der Waals surface area contributed by atoms with Crippen molar-refractivity contribution in [2.75, 3.05) is 6.61 Å². The lowest BCUT2D eigenvalue weighted by Gasteiger charge is -2.08. The van der Waals surface area contributed by atoms with Crippen LogP contribution in [-0.4, -0.2) is 15.5 Å². The molecule has 0 fully saturated rings. The summed E-state index contributed by atoms with van der Waals surface area (Å²) in [5.41, 5.74) is 0. The van der Waals surface area contributed by atoms with Gasteiger partial charge in [0.15, 0.2) is 0 Å². The van der Waals surface area contributed by atoms with Crippen LogP contribution in [0.1, 0.15) is 19.3 Å². The number of halogens is 4. The third-order valence-corrected chi connectivity index (χ3v) is 2.55. The van der Waals surface area contributed by atoms with Crippen LogP contribution in [0.3, 0.4) is 0 Å². The Labute approximate surface area is 92.2 Å². The SMILES string of the molecule is OCCCCC=C(Cl)C(Cl)(Cl)Cl. The molecule has 5 heteroatoms. The first-order valence-electron chi connectivity index (χ1n) is 3.52. The van der Waals surface area contributed by atoms with Crippen molar-refractivity contribution in [3.63, 3.8) is 0 Å². The third kappa shape index (κ3) is 6.38. The standard InChI is InChI=1S/C7H10Cl4O/c8-6(7(9,10)11)4-2-1-3-5-12/h4,12H,1-3,5H2. The Morgan fingerprint density at radius 2 is 1.83 bits per heavy atom. The van der Waals surface area contributed by atoms with Gasteiger partial charge in [0.05, 0.1) is 5.03 Å². The molecule has 0 aromatic rings. The van der Waals surface area contributed by atoms with E-state index in [2.05, 4.69) is 0 Å². The largest absolute Gasteiger partial charge is 0.396 e. The fourth-order valence-corrected chi connectivity index (χ4v) is 0.941. The number of aliphatic hydroxyl groups excluding tert-OH is 1. The number of hydrogen-bond acceptors (Lipinski definition) is 1. The van der Waals surface area contributed by atoms with Crippen molar-refractivity contribution in [2.24, 2.45) is 0 Å². The highest BCUT2D eigenvalue weighted by Gasteiger charge is 2.23. The number of hydrogen-bond donors (Lipinski definition) is 1. The maximum Gasteiger partial charge on any atom is 0.226 e. The van der Waals surface area contributed by atoms with Gasteiger partial charge in [-0.2, -0.15) is 0 Å². The zero-order chi connectivity index (χ0) is 9.61. The minimum absolute atomic E-state index is 0.180. The minimum atomic E-state index is -1.51. The molecule has 0 aliphatic rings. The molecular weight excluding hydrogens is 242 g/mol. The lowest BCUT2D eigenvalue weighted by molar-refractivity contribution is 0.285. The number of rotatable bonds is 4. The van der Waals surface area contributed by atoms with Crippen molar-refractivity contribution in [3.05, 3.63) is 11.1 Å². The zero-order valence-electron chi connectivity index (χ0n) is 6.36. The average molecular weight is 252 g/mol. The molecule has 0 saturated carbocycles. The summed E-state index contributed by atoms with van der Waals surface area (Å²) >= 11 is 22.1. The summed E-state index contributed by atoms with van der Waals surface area (Å²) in [6.07, 6.45) is 3.95. The lowest BCUT2D eigenvalue weighted by atomic mass is 10.2. The van der Waals surface area contributed by atoms with Crippen molar-refractivity contribution < 1.29 is 5.11 Å². The molecule has 72 valence electrons. The first-order chi connectivity index (χ1) is 5.48. The van der Waals surface area contributed by atoms with Crippen molar-refractivity contribution >= 4 is 46.4 Å². The highest BCUT2D eigenvalue weighted by Crippen LogP contribution is 2.37. The van der Waals surface area contributed by atoms with Crippen LogP contribution in [0, 0.1) is 0 Å². The van der Waals surface area contributed by atoms with Crippen LogP contribution >= 0.6 is 46.4 Å². The zero-order valence-corrected chi connectivity index (χ0v) is 9.39. The van der Waals surface area contributed by atoms with Gasteiger partial charge in [0, 0.05) is 6.61 Å². The molecule has 0 rings (SSSR count). The van der Waals surface area contributed by atoms with Crippen LogP contribution in [0.15, 0.2) is 11.1 Å². The summed E-state index contributed by atoms with van der Waals surface area (Å²) in [4.78, 5) is 0. The first kappa shape index (κ1) is 12.9. The smallest absolute Gasteiger partial charge is 0.226 e. The molecule has 1 nitrogen and oxygen atoms in total. The Bertz CT molecular complexity index is 150. The van der Waals surface area contributed by atoms with E-state index >= 15 is 0 Å². The topological polar surface area (TPSA) is 20.2 Å². The normalized spacial score (nSPS) is 13.6. The molecule has 0 amide bonds. The highest BCUT2D eigenvalue weighted by atomic mass is 35.6. The monoisotopic (exact) mass is 250 g/mol. The summed E-state index contributed by atoms with van der Waals surface area (Å²) in [6.45, 7) is 0.180. The molecule has 0 aliphatic heterocycles. The summed E-state index contributed by atoms with van der Waals surface area (Å²) < 4.78 is -1.51. The predicted molar refractivity (Wildman–Crippen MR) is 55.2 cm³/mol. The van der Waals surface area contributed by atoms with E-state index in [4.69, 9.17) is 51.5 Å². The first-order valence-corrected chi connectivity index (χ1v) is 5.03. The molecule has 0 atom stereocenters. The Hall–Kier alpha value is 0.860. The van der Waals surface area contributed by atoms with Gasteiger partial charge in [-0.15, -0.1) is 0 Å². The molecule has 0 aromatic carbocycles. The summed E-state index contributed by atoms with van der Waals surface area (Å²) in [6, 6.07) is 0. The quantitative estimate of drug-likeness (QED) is 0.598. The molecule has 0 aliphatic carbocycles. The molecule has 0 bridgehead atoms. The van der Waals surface area contributed by atoms with E-state index in [1.807, 2.05) is 0 Å². The van der Waals surface area contributed by atoms with E-state index in [0.717, 1.165) is 12.8 Å². The van der Waals surface area contributed by atoms with Gasteiger partial charge in [0.1, 0.15) is 0 Å². The Kier molecular flexibility index (Phi) is 6.79. The van der Waals surface area contributed by atoms with Gasteiger partial charge < -0.3 is 5.11 Å². The highest BCUT2D eigenvalue weighted by molar-refractivity contribution is 6.72. The fourth-order valence-electron chi connectivity index (χ4n) is 0.601. The van der Waals surface area contributed by atoms with Crippen LogP contribution < -0.4 is 0 Å². The van der Waals surface area contributed by atoms with Crippen molar-refractivity contribution in [2.45, 2.75) is 23.1 Å². The second-order valence-corrected chi connectivity index (χ2v) is 4.96. The van der Waals surface area contributed by atoms with Crippen molar-refractivity contribution in [1.29, 1.82) is 0 Å². The molecule has 1 N–H and O–H groups in total. The summed E-state index contributed by atoms with van der Waals surface area (Å²) in [5.74, 6) is 0. The van der Waals surface area contributed by atoms with Crippen molar-refractivity contribution in [3.8, 4) is 0 Å². The predicted octanol–water partition coefficient (Wildman–Crippen LogP) is 3.64. The lowest BCUT2D eigenvalue weighted by Crippen LogP contribution is -2.01. The maximum absolute atomic E-state index is 8.46.